The van der Waals surface area contributed by atoms with E-state index in [9.17, 15) is 9.59 Å². The maximum atomic E-state index is 13.3. The second-order valence-electron chi connectivity index (χ2n) is 6.13. The number of nitrogens with zero attached hydrogens (tertiary/aromatic N) is 1. The van der Waals surface area contributed by atoms with Crippen molar-refractivity contribution in [3.05, 3.63) is 95.4 Å². The third-order valence-electron chi connectivity index (χ3n) is 4.38. The standard InChI is InChI=1S/C23H17NO3S/c1-27-18-12-8-11-17(15-18)24-22(25)20(16-9-4-2-5-10-16)21(23(24)26)28-19-13-6-3-7-14-19/h2-15H,1H3. The van der Waals surface area contributed by atoms with E-state index < -0.39 is 0 Å². The molecule has 3 aromatic rings. The number of hydrogen-bond acceptors (Lipinski definition) is 4. The van der Waals surface area contributed by atoms with E-state index in [1.54, 1.807) is 31.4 Å². The molecule has 0 radical (unpaired) electrons. The summed E-state index contributed by atoms with van der Waals surface area (Å²) in [5.41, 5.74) is 1.64. The average Bonchev–Trinajstić information content (AvgIpc) is 2.99. The van der Waals surface area contributed by atoms with E-state index in [0.29, 0.717) is 21.9 Å². The lowest BCUT2D eigenvalue weighted by Crippen LogP contribution is -2.31. The highest BCUT2D eigenvalue weighted by Gasteiger charge is 2.40. The van der Waals surface area contributed by atoms with E-state index in [2.05, 4.69) is 0 Å². The fourth-order valence-electron chi connectivity index (χ4n) is 3.05. The fourth-order valence-corrected chi connectivity index (χ4v) is 4.07. The smallest absolute Gasteiger partial charge is 0.272 e. The van der Waals surface area contributed by atoms with Gasteiger partial charge in [0, 0.05) is 11.0 Å². The zero-order valence-electron chi connectivity index (χ0n) is 15.2. The second-order valence-corrected chi connectivity index (χ2v) is 7.22. The molecule has 0 bridgehead atoms. The number of thioether (sulfide) groups is 1. The number of imide groups is 1. The second kappa shape index (κ2) is 7.74. The Morgan fingerprint density at radius 3 is 2.14 bits per heavy atom. The van der Waals surface area contributed by atoms with Crippen molar-refractivity contribution in [1.82, 2.24) is 0 Å². The molecule has 1 heterocycles. The summed E-state index contributed by atoms with van der Waals surface area (Å²) in [4.78, 5) is 29.1. The Morgan fingerprint density at radius 2 is 1.46 bits per heavy atom. The van der Waals surface area contributed by atoms with Gasteiger partial charge in [0.05, 0.1) is 23.3 Å². The van der Waals surface area contributed by atoms with Gasteiger partial charge in [0.1, 0.15) is 5.75 Å². The van der Waals surface area contributed by atoms with Crippen molar-refractivity contribution in [3.8, 4) is 5.75 Å². The van der Waals surface area contributed by atoms with Crippen molar-refractivity contribution in [3.63, 3.8) is 0 Å². The van der Waals surface area contributed by atoms with Crippen LogP contribution in [0.25, 0.3) is 5.57 Å². The van der Waals surface area contributed by atoms with Crippen LogP contribution >= 0.6 is 11.8 Å². The van der Waals surface area contributed by atoms with Gasteiger partial charge in [-0.15, -0.1) is 0 Å². The van der Waals surface area contributed by atoms with Crippen LogP contribution in [0.5, 0.6) is 5.75 Å². The van der Waals surface area contributed by atoms with Crippen LogP contribution in [0.3, 0.4) is 0 Å². The van der Waals surface area contributed by atoms with Gasteiger partial charge in [-0.2, -0.15) is 0 Å². The predicted octanol–water partition coefficient (Wildman–Crippen LogP) is 4.77. The third kappa shape index (κ3) is 3.32. The summed E-state index contributed by atoms with van der Waals surface area (Å²) >= 11 is 1.31. The Hall–Kier alpha value is -3.31. The number of carbonyl (C=O) groups is 2. The fraction of sp³-hybridized carbons (Fsp3) is 0.0435. The summed E-state index contributed by atoms with van der Waals surface area (Å²) in [5, 5.41) is 0. The number of carbonyl (C=O) groups excluding carboxylic acids is 2. The molecule has 3 aromatic carbocycles. The lowest BCUT2D eigenvalue weighted by atomic mass is 10.1. The van der Waals surface area contributed by atoms with Gasteiger partial charge in [-0.05, 0) is 29.8 Å². The lowest BCUT2D eigenvalue weighted by Gasteiger charge is -2.16. The van der Waals surface area contributed by atoms with Gasteiger partial charge in [-0.3, -0.25) is 9.59 Å². The Morgan fingerprint density at radius 1 is 0.786 bits per heavy atom. The minimum Gasteiger partial charge on any atom is -0.497 e. The quantitative estimate of drug-likeness (QED) is 0.592. The van der Waals surface area contributed by atoms with Gasteiger partial charge < -0.3 is 4.74 Å². The molecule has 4 nitrogen and oxygen atoms in total. The molecule has 138 valence electrons. The lowest BCUT2D eigenvalue weighted by molar-refractivity contribution is -0.119. The molecule has 2 amide bonds. The zero-order valence-corrected chi connectivity index (χ0v) is 16.0. The summed E-state index contributed by atoms with van der Waals surface area (Å²) in [7, 11) is 1.55. The molecule has 1 aliphatic heterocycles. The minimum absolute atomic E-state index is 0.328. The number of benzene rings is 3. The van der Waals surface area contributed by atoms with E-state index in [0.717, 1.165) is 10.5 Å². The predicted molar refractivity (Wildman–Crippen MR) is 111 cm³/mol. The Kier molecular flexibility index (Phi) is 5.00. The van der Waals surface area contributed by atoms with Crippen molar-refractivity contribution in [1.29, 1.82) is 0 Å². The number of rotatable bonds is 5. The summed E-state index contributed by atoms with van der Waals surface area (Å²) in [5.74, 6) is -0.0719. The SMILES string of the molecule is COc1cccc(N2C(=O)C(Sc3ccccc3)=C(c3ccccc3)C2=O)c1. The molecule has 0 spiro atoms. The first kappa shape index (κ1) is 18.1. The highest BCUT2D eigenvalue weighted by Crippen LogP contribution is 2.41. The van der Waals surface area contributed by atoms with Gasteiger partial charge in [0.15, 0.2) is 0 Å². The van der Waals surface area contributed by atoms with Crippen molar-refractivity contribution in [2.75, 3.05) is 12.0 Å². The van der Waals surface area contributed by atoms with Crippen molar-refractivity contribution >= 4 is 34.8 Å². The summed E-state index contributed by atoms with van der Waals surface area (Å²) in [6.07, 6.45) is 0. The number of ether oxygens (including phenoxy) is 1. The molecule has 0 aliphatic carbocycles. The van der Waals surface area contributed by atoms with E-state index in [1.807, 2.05) is 60.7 Å². The first-order valence-corrected chi connectivity index (χ1v) is 9.56. The number of methoxy groups -OCH3 is 1. The molecule has 0 aromatic heterocycles. The molecule has 0 fully saturated rings. The molecule has 0 saturated carbocycles. The van der Waals surface area contributed by atoms with Gasteiger partial charge >= 0.3 is 0 Å². The van der Waals surface area contributed by atoms with Crippen LogP contribution in [0.2, 0.25) is 0 Å². The maximum absolute atomic E-state index is 13.3. The van der Waals surface area contributed by atoms with Crippen LogP contribution in [0.1, 0.15) is 5.56 Å². The highest BCUT2D eigenvalue weighted by atomic mass is 32.2. The average molecular weight is 387 g/mol. The van der Waals surface area contributed by atoms with E-state index in [4.69, 9.17) is 4.74 Å². The first-order chi connectivity index (χ1) is 13.7. The van der Waals surface area contributed by atoms with Crippen LogP contribution < -0.4 is 9.64 Å². The third-order valence-corrected chi connectivity index (χ3v) is 5.47. The van der Waals surface area contributed by atoms with Crippen LogP contribution in [0.4, 0.5) is 5.69 Å². The summed E-state index contributed by atoms with van der Waals surface area (Å²) < 4.78 is 5.25. The van der Waals surface area contributed by atoms with Crippen molar-refractivity contribution < 1.29 is 14.3 Å². The molecule has 1 aliphatic rings. The van der Waals surface area contributed by atoms with Gasteiger partial charge in [0.2, 0.25) is 0 Å². The summed E-state index contributed by atoms with van der Waals surface area (Å²) in [6, 6.07) is 25.8. The molecule has 0 atom stereocenters. The van der Waals surface area contributed by atoms with Crippen LogP contribution in [0, 0.1) is 0 Å². The molecular weight excluding hydrogens is 370 g/mol. The molecule has 4 rings (SSSR count). The van der Waals surface area contributed by atoms with Gasteiger partial charge in [-0.25, -0.2) is 4.90 Å². The first-order valence-electron chi connectivity index (χ1n) is 8.74. The Bertz CT molecular complexity index is 1060. The molecular formula is C23H17NO3S. The maximum Gasteiger partial charge on any atom is 0.272 e. The van der Waals surface area contributed by atoms with Crippen LogP contribution in [-0.4, -0.2) is 18.9 Å². The molecule has 0 saturated heterocycles. The molecule has 28 heavy (non-hydrogen) atoms. The summed E-state index contributed by atoms with van der Waals surface area (Å²) in [6.45, 7) is 0. The minimum atomic E-state index is -0.331. The van der Waals surface area contributed by atoms with Gasteiger partial charge in [0.25, 0.3) is 11.8 Å². The topological polar surface area (TPSA) is 46.6 Å². The largest absolute Gasteiger partial charge is 0.497 e. The normalized spacial score (nSPS) is 14.0. The van der Waals surface area contributed by atoms with Crippen molar-refractivity contribution in [2.24, 2.45) is 0 Å². The van der Waals surface area contributed by atoms with Crippen LogP contribution in [0.15, 0.2) is 94.7 Å². The highest BCUT2D eigenvalue weighted by molar-refractivity contribution is 8.04. The monoisotopic (exact) mass is 387 g/mol. The van der Waals surface area contributed by atoms with Crippen molar-refractivity contribution in [2.45, 2.75) is 4.90 Å². The number of hydrogen-bond donors (Lipinski definition) is 0. The van der Waals surface area contributed by atoms with Crippen LogP contribution in [-0.2, 0) is 9.59 Å². The molecule has 5 heteroatoms. The van der Waals surface area contributed by atoms with E-state index in [-0.39, 0.29) is 11.8 Å². The molecule has 0 N–H and O–H groups in total. The van der Waals surface area contributed by atoms with E-state index in [1.165, 1.54) is 16.7 Å². The Labute approximate surface area is 167 Å². The Balaban J connectivity index is 1.81. The number of amides is 2. The zero-order chi connectivity index (χ0) is 19.5. The van der Waals surface area contributed by atoms with Gasteiger partial charge in [-0.1, -0.05) is 66.4 Å². The molecule has 0 unspecified atom stereocenters. The number of anilines is 1. The van der Waals surface area contributed by atoms with E-state index >= 15 is 0 Å².